The quantitative estimate of drug-likeness (QED) is 0.626. The number of carbonyl (C=O) groups is 3. The van der Waals surface area contributed by atoms with Crippen molar-refractivity contribution in [1.82, 2.24) is 0 Å². The van der Waals surface area contributed by atoms with Crippen molar-refractivity contribution in [2.24, 2.45) is 5.41 Å². The summed E-state index contributed by atoms with van der Waals surface area (Å²) in [4.78, 5) is 40.3. The van der Waals surface area contributed by atoms with Gasteiger partial charge in [0.15, 0.2) is 5.78 Å². The number of methoxy groups -OCH3 is 2. The van der Waals surface area contributed by atoms with Gasteiger partial charge in [0.25, 0.3) is 0 Å². The molecule has 2 aliphatic rings. The van der Waals surface area contributed by atoms with E-state index in [1.165, 1.54) is 17.0 Å². The fourth-order valence-electron chi connectivity index (χ4n) is 4.91. The summed E-state index contributed by atoms with van der Waals surface area (Å²) in [5.74, 6) is -0.802. The van der Waals surface area contributed by atoms with Gasteiger partial charge >= 0.3 is 5.97 Å². The highest BCUT2D eigenvalue weighted by molar-refractivity contribution is 6.33. The largest absolute Gasteiger partial charge is 0.497 e. The van der Waals surface area contributed by atoms with E-state index in [1.54, 1.807) is 38.5 Å². The number of anilines is 1. The van der Waals surface area contributed by atoms with E-state index in [9.17, 15) is 19.5 Å². The number of rotatable bonds is 5. The van der Waals surface area contributed by atoms with Crippen LogP contribution in [0.4, 0.5) is 5.69 Å². The molecule has 0 radical (unpaired) electrons. The Kier molecular flexibility index (Phi) is 6.16. The van der Waals surface area contributed by atoms with Crippen LogP contribution in [0.2, 0.25) is 5.02 Å². The van der Waals surface area contributed by atoms with E-state index in [-0.39, 0.29) is 34.1 Å². The third kappa shape index (κ3) is 4.16. The number of hydrogen-bond acceptors (Lipinski definition) is 5. The smallest absolute Gasteiger partial charge is 0.337 e. The third-order valence-electron chi connectivity index (χ3n) is 6.39. The summed E-state index contributed by atoms with van der Waals surface area (Å²) in [6.45, 7) is 3.97. The van der Waals surface area contributed by atoms with Crippen LogP contribution in [0, 0.1) is 5.41 Å². The number of carboxylic acids is 1. The molecule has 8 heteroatoms. The van der Waals surface area contributed by atoms with Crippen LogP contribution >= 0.6 is 11.6 Å². The second-order valence-corrected chi connectivity index (χ2v) is 9.77. The molecular weight excluding hydrogens is 458 g/mol. The number of aromatic carboxylic acids is 1. The third-order valence-corrected chi connectivity index (χ3v) is 6.72. The second-order valence-electron chi connectivity index (χ2n) is 9.36. The van der Waals surface area contributed by atoms with E-state index in [0.29, 0.717) is 46.9 Å². The molecule has 0 bridgehead atoms. The molecule has 1 unspecified atom stereocenters. The first-order chi connectivity index (χ1) is 16.1. The first-order valence-electron chi connectivity index (χ1n) is 10.9. The van der Waals surface area contributed by atoms with Crippen molar-refractivity contribution in [3.05, 3.63) is 63.8 Å². The van der Waals surface area contributed by atoms with Gasteiger partial charge in [-0.25, -0.2) is 4.79 Å². The topological polar surface area (TPSA) is 93.1 Å². The summed E-state index contributed by atoms with van der Waals surface area (Å²) in [5, 5.41) is 9.61. The lowest BCUT2D eigenvalue weighted by Gasteiger charge is -2.43. The Hall–Kier alpha value is -3.32. The predicted molar refractivity (Wildman–Crippen MR) is 128 cm³/mol. The lowest BCUT2D eigenvalue weighted by Crippen LogP contribution is -2.43. The Balaban J connectivity index is 1.94. The van der Waals surface area contributed by atoms with E-state index in [2.05, 4.69) is 0 Å². The highest BCUT2D eigenvalue weighted by atomic mass is 35.5. The van der Waals surface area contributed by atoms with Gasteiger partial charge in [0, 0.05) is 41.3 Å². The van der Waals surface area contributed by atoms with Crippen molar-refractivity contribution in [3.8, 4) is 11.5 Å². The number of benzene rings is 2. The van der Waals surface area contributed by atoms with Gasteiger partial charge in [0.2, 0.25) is 5.91 Å². The highest BCUT2D eigenvalue weighted by Gasteiger charge is 2.45. The molecule has 1 atom stereocenters. The number of allylic oxidation sites excluding steroid dienone is 2. The molecule has 0 spiro atoms. The van der Waals surface area contributed by atoms with Gasteiger partial charge in [-0.1, -0.05) is 25.4 Å². The molecule has 2 aromatic carbocycles. The number of hydrogen-bond donors (Lipinski definition) is 1. The maximum atomic E-state index is 13.6. The Morgan fingerprint density at radius 1 is 1.09 bits per heavy atom. The Labute approximate surface area is 202 Å². The zero-order valence-electron chi connectivity index (χ0n) is 19.5. The van der Waals surface area contributed by atoms with Crippen LogP contribution in [-0.2, 0) is 9.59 Å². The van der Waals surface area contributed by atoms with Crippen LogP contribution in [0.25, 0.3) is 0 Å². The van der Waals surface area contributed by atoms with Crippen LogP contribution in [0.3, 0.4) is 0 Å². The molecular formula is C26H26ClNO6. The normalized spacial score (nSPS) is 19.7. The minimum absolute atomic E-state index is 0.0273. The highest BCUT2D eigenvalue weighted by Crippen LogP contribution is 2.50. The zero-order valence-corrected chi connectivity index (χ0v) is 20.2. The summed E-state index contributed by atoms with van der Waals surface area (Å²) in [7, 11) is 3.10. The summed E-state index contributed by atoms with van der Waals surface area (Å²) in [5.41, 5.74) is 1.76. The number of halogens is 1. The van der Waals surface area contributed by atoms with Gasteiger partial charge in [-0.05, 0) is 48.2 Å². The maximum absolute atomic E-state index is 13.6. The molecule has 34 heavy (non-hydrogen) atoms. The van der Waals surface area contributed by atoms with Crippen LogP contribution in [0.1, 0.15) is 54.9 Å². The van der Waals surface area contributed by atoms with Crippen molar-refractivity contribution < 1.29 is 29.0 Å². The monoisotopic (exact) mass is 483 g/mol. The van der Waals surface area contributed by atoms with Crippen molar-refractivity contribution >= 4 is 34.9 Å². The first-order valence-corrected chi connectivity index (χ1v) is 11.3. The molecule has 0 saturated carbocycles. The molecule has 1 amide bonds. The van der Waals surface area contributed by atoms with Crippen LogP contribution < -0.4 is 14.4 Å². The molecule has 0 saturated heterocycles. The number of ketones is 1. The van der Waals surface area contributed by atoms with Gasteiger partial charge in [-0.2, -0.15) is 0 Å². The Bertz CT molecular complexity index is 1230. The lowest BCUT2D eigenvalue weighted by atomic mass is 9.69. The van der Waals surface area contributed by atoms with Crippen molar-refractivity contribution in [2.75, 3.05) is 19.1 Å². The zero-order chi connectivity index (χ0) is 24.8. The van der Waals surface area contributed by atoms with Gasteiger partial charge in [-0.15, -0.1) is 0 Å². The minimum atomic E-state index is -1.19. The lowest BCUT2D eigenvalue weighted by molar-refractivity contribution is -0.121. The number of nitrogens with zero attached hydrogens (tertiary/aromatic N) is 1. The van der Waals surface area contributed by atoms with E-state index in [4.69, 9.17) is 21.1 Å². The number of carboxylic acid groups (broad SMARTS) is 1. The minimum Gasteiger partial charge on any atom is -0.497 e. The fourth-order valence-corrected chi connectivity index (χ4v) is 5.11. The average Bonchev–Trinajstić information content (AvgIpc) is 2.77. The van der Waals surface area contributed by atoms with Crippen molar-refractivity contribution in [1.29, 1.82) is 0 Å². The van der Waals surface area contributed by atoms with Crippen LogP contribution in [-0.4, -0.2) is 37.0 Å². The molecule has 4 rings (SSSR count). The predicted octanol–water partition coefficient (Wildman–Crippen LogP) is 5.22. The van der Waals surface area contributed by atoms with E-state index in [0.717, 1.165) is 0 Å². The maximum Gasteiger partial charge on any atom is 0.337 e. The number of carbonyl (C=O) groups excluding carboxylic acids is 2. The van der Waals surface area contributed by atoms with Gasteiger partial charge in [0.1, 0.15) is 11.5 Å². The molecule has 1 N–H and O–H groups in total. The number of amides is 1. The van der Waals surface area contributed by atoms with Gasteiger partial charge < -0.3 is 14.6 Å². The molecule has 1 aliphatic heterocycles. The fraction of sp³-hybridized carbons (Fsp3) is 0.346. The average molecular weight is 484 g/mol. The Morgan fingerprint density at radius 2 is 1.82 bits per heavy atom. The van der Waals surface area contributed by atoms with Gasteiger partial charge in [0.05, 0.1) is 24.8 Å². The summed E-state index contributed by atoms with van der Waals surface area (Å²) in [6.07, 6.45) is 0.852. The number of ether oxygens (including phenoxy) is 2. The molecule has 1 heterocycles. The first kappa shape index (κ1) is 23.8. The Morgan fingerprint density at radius 3 is 2.47 bits per heavy atom. The molecule has 0 fully saturated rings. The summed E-state index contributed by atoms with van der Waals surface area (Å²) < 4.78 is 10.9. The number of Topliss-reactive ketones (excluding diaryl/α,β-unsaturated/α-hetero) is 1. The van der Waals surface area contributed by atoms with E-state index < -0.39 is 11.9 Å². The molecule has 178 valence electrons. The van der Waals surface area contributed by atoms with E-state index in [1.807, 2.05) is 13.8 Å². The van der Waals surface area contributed by atoms with Crippen LogP contribution in [0.5, 0.6) is 11.5 Å². The van der Waals surface area contributed by atoms with E-state index >= 15 is 0 Å². The van der Waals surface area contributed by atoms with Gasteiger partial charge in [-0.3, -0.25) is 14.5 Å². The van der Waals surface area contributed by atoms with Crippen molar-refractivity contribution in [2.45, 2.75) is 39.0 Å². The summed E-state index contributed by atoms with van der Waals surface area (Å²) >= 11 is 6.06. The standard InChI is InChI=1S/C26H26ClNO6/c1-26(2)12-20-24(21(29)13-26)17(16-10-15(33-3)6-8-22(16)34-4)11-23(30)28(20)14-5-7-19(27)18(9-14)25(31)32/h5-10,17H,11-13H2,1-4H3,(H,31,32). The molecule has 7 nitrogen and oxygen atoms in total. The molecule has 2 aromatic rings. The SMILES string of the molecule is COc1ccc(OC)c(C2CC(=O)N(c3ccc(Cl)c(C(=O)O)c3)C3=C2C(=O)CC(C)(C)C3)c1. The van der Waals surface area contributed by atoms with Crippen molar-refractivity contribution in [3.63, 3.8) is 0 Å². The molecule has 1 aliphatic carbocycles. The molecule has 0 aromatic heterocycles. The van der Waals surface area contributed by atoms with Crippen LogP contribution in [0.15, 0.2) is 47.7 Å². The summed E-state index contributed by atoms with van der Waals surface area (Å²) in [6, 6.07) is 9.78. The second kappa shape index (κ2) is 8.80.